The van der Waals surface area contributed by atoms with Crippen molar-refractivity contribution >= 4 is 29.4 Å². The molecule has 2 unspecified atom stereocenters. The van der Waals surface area contributed by atoms with Crippen LogP contribution in [0.4, 0.5) is 10.5 Å². The second-order valence-electron chi connectivity index (χ2n) is 7.73. The molecule has 0 spiro atoms. The number of carbonyl (C=O) groups is 2. The van der Waals surface area contributed by atoms with Crippen LogP contribution in [0.3, 0.4) is 0 Å². The first kappa shape index (κ1) is 18.9. The van der Waals surface area contributed by atoms with Crippen molar-refractivity contribution in [3.8, 4) is 0 Å². The molecular weight excluding hydrogens is 350 g/mol. The minimum Gasteiger partial charge on any atom is -0.444 e. The van der Waals surface area contributed by atoms with Crippen LogP contribution in [0.1, 0.15) is 27.2 Å². The van der Waals surface area contributed by atoms with Crippen LogP contribution in [0.5, 0.6) is 0 Å². The average Bonchev–Trinajstić information content (AvgIpc) is 3.23. The molecule has 7 heteroatoms. The van der Waals surface area contributed by atoms with Gasteiger partial charge in [-0.3, -0.25) is 9.69 Å². The van der Waals surface area contributed by atoms with Crippen molar-refractivity contribution in [3.05, 3.63) is 30.3 Å². The van der Waals surface area contributed by atoms with Gasteiger partial charge in [0.15, 0.2) is 0 Å². The van der Waals surface area contributed by atoms with Gasteiger partial charge in [-0.15, -0.1) is 11.8 Å². The van der Waals surface area contributed by atoms with E-state index in [0.29, 0.717) is 18.8 Å². The van der Waals surface area contributed by atoms with E-state index in [-0.39, 0.29) is 11.9 Å². The highest BCUT2D eigenvalue weighted by molar-refractivity contribution is 7.99. The Morgan fingerprint density at radius 1 is 1.23 bits per heavy atom. The quantitative estimate of drug-likeness (QED) is 0.877. The van der Waals surface area contributed by atoms with Gasteiger partial charge in [0.25, 0.3) is 0 Å². The van der Waals surface area contributed by atoms with Gasteiger partial charge in [-0.05, 0) is 39.3 Å². The SMILES string of the molecule is CC(C)(C)OC(=O)N1CC(Nc2ccccc2)CC1C(=O)N1CCSC1. The Morgan fingerprint density at radius 3 is 2.58 bits per heavy atom. The number of likely N-dealkylation sites (tertiary alicyclic amines) is 1. The molecule has 1 aromatic rings. The molecule has 142 valence electrons. The molecule has 2 saturated heterocycles. The minimum atomic E-state index is -0.584. The van der Waals surface area contributed by atoms with E-state index in [0.717, 1.165) is 18.0 Å². The van der Waals surface area contributed by atoms with Crippen molar-refractivity contribution in [1.82, 2.24) is 9.80 Å². The monoisotopic (exact) mass is 377 g/mol. The molecule has 2 fully saturated rings. The van der Waals surface area contributed by atoms with Crippen LogP contribution in [0.25, 0.3) is 0 Å². The number of nitrogens with zero attached hydrogens (tertiary/aromatic N) is 2. The van der Waals surface area contributed by atoms with E-state index in [2.05, 4.69) is 5.32 Å². The maximum atomic E-state index is 13.0. The van der Waals surface area contributed by atoms with Crippen molar-refractivity contribution in [1.29, 1.82) is 0 Å². The summed E-state index contributed by atoms with van der Waals surface area (Å²) in [7, 11) is 0. The molecule has 6 nitrogen and oxygen atoms in total. The number of para-hydroxylation sites is 1. The molecule has 0 aliphatic carbocycles. The number of ether oxygens (including phenoxy) is 1. The second-order valence-corrected chi connectivity index (χ2v) is 8.81. The highest BCUT2D eigenvalue weighted by Crippen LogP contribution is 2.27. The number of anilines is 1. The topological polar surface area (TPSA) is 61.9 Å². The predicted octanol–water partition coefficient (Wildman–Crippen LogP) is 3.01. The van der Waals surface area contributed by atoms with Crippen molar-refractivity contribution in [2.24, 2.45) is 0 Å². The molecule has 2 atom stereocenters. The lowest BCUT2D eigenvalue weighted by atomic mass is 10.1. The molecule has 2 aliphatic heterocycles. The van der Waals surface area contributed by atoms with E-state index in [4.69, 9.17) is 4.74 Å². The minimum absolute atomic E-state index is 0.0223. The summed E-state index contributed by atoms with van der Waals surface area (Å²) in [6.45, 7) is 6.73. The van der Waals surface area contributed by atoms with Crippen LogP contribution in [-0.4, -0.2) is 64.2 Å². The second kappa shape index (κ2) is 7.78. The zero-order valence-electron chi connectivity index (χ0n) is 15.6. The lowest BCUT2D eigenvalue weighted by Crippen LogP contribution is -2.48. The summed E-state index contributed by atoms with van der Waals surface area (Å²) in [5.41, 5.74) is 0.408. The van der Waals surface area contributed by atoms with E-state index in [9.17, 15) is 9.59 Å². The predicted molar refractivity (Wildman–Crippen MR) is 104 cm³/mol. The van der Waals surface area contributed by atoms with Gasteiger partial charge < -0.3 is 15.0 Å². The zero-order chi connectivity index (χ0) is 18.7. The van der Waals surface area contributed by atoms with Crippen LogP contribution in [-0.2, 0) is 9.53 Å². The largest absolute Gasteiger partial charge is 0.444 e. The van der Waals surface area contributed by atoms with E-state index < -0.39 is 17.7 Å². The summed E-state index contributed by atoms with van der Waals surface area (Å²) in [6, 6.07) is 9.43. The molecule has 1 aromatic carbocycles. The maximum absolute atomic E-state index is 13.0. The summed E-state index contributed by atoms with van der Waals surface area (Å²) >= 11 is 1.75. The third-order valence-electron chi connectivity index (χ3n) is 4.42. The molecule has 3 rings (SSSR count). The number of amides is 2. The van der Waals surface area contributed by atoms with Gasteiger partial charge in [-0.1, -0.05) is 18.2 Å². The Balaban J connectivity index is 1.74. The average molecular weight is 378 g/mol. The first-order valence-electron chi connectivity index (χ1n) is 9.01. The molecule has 0 aromatic heterocycles. The van der Waals surface area contributed by atoms with E-state index in [1.807, 2.05) is 56.0 Å². The lowest BCUT2D eigenvalue weighted by Gasteiger charge is -2.29. The molecule has 1 N–H and O–H groups in total. The van der Waals surface area contributed by atoms with Crippen LogP contribution < -0.4 is 5.32 Å². The molecule has 2 aliphatic rings. The smallest absolute Gasteiger partial charge is 0.411 e. The summed E-state index contributed by atoms with van der Waals surface area (Å²) < 4.78 is 5.55. The zero-order valence-corrected chi connectivity index (χ0v) is 16.4. The van der Waals surface area contributed by atoms with Gasteiger partial charge in [-0.2, -0.15) is 0 Å². The first-order chi connectivity index (χ1) is 12.3. The fourth-order valence-electron chi connectivity index (χ4n) is 3.27. The Bertz CT molecular complexity index is 641. The van der Waals surface area contributed by atoms with Crippen LogP contribution in [0.2, 0.25) is 0 Å². The Labute approximate surface area is 159 Å². The lowest BCUT2D eigenvalue weighted by molar-refractivity contribution is -0.134. The Kier molecular flexibility index (Phi) is 5.65. The van der Waals surface area contributed by atoms with Gasteiger partial charge in [0.2, 0.25) is 5.91 Å². The van der Waals surface area contributed by atoms with Gasteiger partial charge in [0, 0.05) is 30.6 Å². The Morgan fingerprint density at radius 2 is 1.96 bits per heavy atom. The summed E-state index contributed by atoms with van der Waals surface area (Å²) in [5, 5.41) is 3.44. The van der Waals surface area contributed by atoms with E-state index in [1.54, 1.807) is 16.7 Å². The van der Waals surface area contributed by atoms with Crippen LogP contribution in [0, 0.1) is 0 Å². The highest BCUT2D eigenvalue weighted by Gasteiger charge is 2.43. The third-order valence-corrected chi connectivity index (χ3v) is 5.39. The van der Waals surface area contributed by atoms with E-state index in [1.165, 1.54) is 0 Å². The summed E-state index contributed by atoms with van der Waals surface area (Å²) in [5.74, 6) is 1.68. The fraction of sp³-hybridized carbons (Fsp3) is 0.579. The number of rotatable bonds is 3. The molecule has 0 saturated carbocycles. The van der Waals surface area contributed by atoms with Gasteiger partial charge >= 0.3 is 6.09 Å². The fourth-order valence-corrected chi connectivity index (χ4v) is 4.22. The van der Waals surface area contributed by atoms with Crippen LogP contribution in [0.15, 0.2) is 30.3 Å². The maximum Gasteiger partial charge on any atom is 0.411 e. The number of hydrogen-bond acceptors (Lipinski definition) is 5. The molecule has 26 heavy (non-hydrogen) atoms. The van der Waals surface area contributed by atoms with Crippen molar-refractivity contribution < 1.29 is 14.3 Å². The molecule has 2 amide bonds. The molecule has 0 radical (unpaired) electrons. The number of nitrogens with one attached hydrogen (secondary N) is 1. The number of hydrogen-bond donors (Lipinski definition) is 1. The number of carbonyl (C=O) groups excluding carboxylic acids is 2. The van der Waals surface area contributed by atoms with Crippen molar-refractivity contribution in [3.63, 3.8) is 0 Å². The first-order valence-corrected chi connectivity index (χ1v) is 10.2. The normalized spacial score (nSPS) is 23.2. The van der Waals surface area contributed by atoms with Crippen LogP contribution >= 0.6 is 11.8 Å². The van der Waals surface area contributed by atoms with Crippen molar-refractivity contribution in [2.75, 3.05) is 30.0 Å². The van der Waals surface area contributed by atoms with Crippen molar-refractivity contribution in [2.45, 2.75) is 44.9 Å². The number of thioether (sulfide) groups is 1. The third kappa shape index (κ3) is 4.63. The van der Waals surface area contributed by atoms with E-state index >= 15 is 0 Å². The summed E-state index contributed by atoms with van der Waals surface area (Å²) in [6.07, 6.45) is 0.175. The van der Waals surface area contributed by atoms with Gasteiger partial charge in [0.1, 0.15) is 11.6 Å². The van der Waals surface area contributed by atoms with Gasteiger partial charge in [0.05, 0.1) is 5.88 Å². The highest BCUT2D eigenvalue weighted by atomic mass is 32.2. The summed E-state index contributed by atoms with van der Waals surface area (Å²) in [4.78, 5) is 29.1. The molecule has 0 bridgehead atoms. The Hall–Kier alpha value is -1.89. The number of benzene rings is 1. The molecule has 2 heterocycles. The standard InChI is InChI=1S/C19H27N3O3S/c1-19(2,3)25-18(24)22-12-15(20-14-7-5-4-6-8-14)11-16(22)17(23)21-9-10-26-13-21/h4-8,15-16,20H,9-13H2,1-3H3. The molecular formula is C19H27N3O3S. The van der Waals surface area contributed by atoms with Gasteiger partial charge in [-0.25, -0.2) is 4.79 Å².